The van der Waals surface area contributed by atoms with Crippen LogP contribution in [0, 0.1) is 11.2 Å². The third-order valence-electron chi connectivity index (χ3n) is 3.24. The summed E-state index contributed by atoms with van der Waals surface area (Å²) in [6, 6.07) is 3.92. The highest BCUT2D eigenvalue weighted by Gasteiger charge is 2.47. The lowest BCUT2D eigenvalue weighted by molar-refractivity contribution is -0.169. The number of carbonyl (C=O) groups excluding carboxylic acids is 1. The van der Waals surface area contributed by atoms with E-state index in [1.165, 1.54) is 12.1 Å². The Morgan fingerprint density at radius 1 is 1.38 bits per heavy atom. The van der Waals surface area contributed by atoms with E-state index in [0.717, 1.165) is 6.07 Å². The van der Waals surface area contributed by atoms with E-state index in [4.69, 9.17) is 16.3 Å². The number of halogens is 2. The van der Waals surface area contributed by atoms with Crippen LogP contribution in [0.2, 0.25) is 5.02 Å². The van der Waals surface area contributed by atoms with Crippen molar-refractivity contribution >= 4 is 23.5 Å². The predicted molar refractivity (Wildman–Crippen MR) is 76.7 cm³/mol. The molecule has 1 N–H and O–H groups in total. The molecule has 0 aliphatic carbocycles. The van der Waals surface area contributed by atoms with Gasteiger partial charge in [-0.15, -0.1) is 0 Å². The summed E-state index contributed by atoms with van der Waals surface area (Å²) in [4.78, 5) is 23.8. The molecule has 0 amide bonds. The molecular formula is C15H18ClFO4. The van der Waals surface area contributed by atoms with Gasteiger partial charge in [-0.2, -0.15) is 0 Å². The number of hydrogen-bond donors (Lipinski definition) is 1. The van der Waals surface area contributed by atoms with Crippen LogP contribution in [0.5, 0.6) is 0 Å². The Hall–Kier alpha value is -1.62. The molecule has 1 atom stereocenters. The minimum atomic E-state index is -1.67. The van der Waals surface area contributed by atoms with Crippen LogP contribution in [-0.2, 0) is 20.7 Å². The average Bonchev–Trinajstić information content (AvgIpc) is 2.42. The second-order valence-electron chi connectivity index (χ2n) is 4.78. The Morgan fingerprint density at radius 3 is 2.52 bits per heavy atom. The standard InChI is InChI=1S/C15H18ClFO4/c1-3-7-15(13(18)19,14(20)21-4-2)9-10-5-6-12(17)11(16)8-10/h5-6,8H,3-4,7,9H2,1-2H3,(H,18,19). The SMILES string of the molecule is CCCC(Cc1ccc(F)c(Cl)c1)(C(=O)O)C(=O)OCC. The molecule has 1 aromatic rings. The molecular weight excluding hydrogens is 299 g/mol. The van der Waals surface area contributed by atoms with E-state index in [9.17, 15) is 19.1 Å². The fraction of sp³-hybridized carbons (Fsp3) is 0.467. The fourth-order valence-corrected chi connectivity index (χ4v) is 2.43. The quantitative estimate of drug-likeness (QED) is 0.618. The maximum absolute atomic E-state index is 13.2. The summed E-state index contributed by atoms with van der Waals surface area (Å²) in [7, 11) is 0. The molecule has 0 saturated heterocycles. The second-order valence-corrected chi connectivity index (χ2v) is 5.19. The lowest BCUT2D eigenvalue weighted by Gasteiger charge is -2.27. The fourth-order valence-electron chi connectivity index (χ4n) is 2.23. The van der Waals surface area contributed by atoms with E-state index < -0.39 is 23.2 Å². The first-order chi connectivity index (χ1) is 9.87. The van der Waals surface area contributed by atoms with Crippen molar-refractivity contribution in [2.45, 2.75) is 33.1 Å². The molecule has 0 fully saturated rings. The van der Waals surface area contributed by atoms with Crippen molar-refractivity contribution in [2.75, 3.05) is 6.61 Å². The van der Waals surface area contributed by atoms with E-state index in [1.54, 1.807) is 13.8 Å². The smallest absolute Gasteiger partial charge is 0.323 e. The van der Waals surface area contributed by atoms with Crippen LogP contribution in [0.4, 0.5) is 4.39 Å². The molecule has 1 rings (SSSR count). The van der Waals surface area contributed by atoms with Gasteiger partial charge in [-0.05, 0) is 37.5 Å². The number of carboxylic acids is 1. The first-order valence-corrected chi connectivity index (χ1v) is 7.09. The number of carboxylic acid groups (broad SMARTS) is 1. The summed E-state index contributed by atoms with van der Waals surface area (Å²) in [5, 5.41) is 9.42. The third kappa shape index (κ3) is 3.94. The van der Waals surface area contributed by atoms with Crippen molar-refractivity contribution in [3.63, 3.8) is 0 Å². The monoisotopic (exact) mass is 316 g/mol. The molecule has 0 aromatic heterocycles. The van der Waals surface area contributed by atoms with Gasteiger partial charge in [0.15, 0.2) is 5.41 Å². The van der Waals surface area contributed by atoms with Crippen LogP contribution in [0.3, 0.4) is 0 Å². The van der Waals surface area contributed by atoms with Crippen LogP contribution in [0.25, 0.3) is 0 Å². The Labute approximate surface area is 127 Å². The Kier molecular flexibility index (Phi) is 6.15. The molecule has 0 radical (unpaired) electrons. The van der Waals surface area contributed by atoms with E-state index in [2.05, 4.69) is 0 Å². The molecule has 116 valence electrons. The van der Waals surface area contributed by atoms with Gasteiger partial charge < -0.3 is 9.84 Å². The normalized spacial score (nSPS) is 13.5. The largest absolute Gasteiger partial charge is 0.480 e. The minimum Gasteiger partial charge on any atom is -0.480 e. The van der Waals surface area contributed by atoms with Gasteiger partial charge in [-0.3, -0.25) is 9.59 Å². The van der Waals surface area contributed by atoms with Crippen LogP contribution < -0.4 is 0 Å². The molecule has 21 heavy (non-hydrogen) atoms. The van der Waals surface area contributed by atoms with E-state index in [1.807, 2.05) is 0 Å². The minimum absolute atomic E-state index is 0.0883. The Bertz CT molecular complexity index is 532. The van der Waals surface area contributed by atoms with Gasteiger partial charge in [-0.25, -0.2) is 4.39 Å². The summed E-state index contributed by atoms with van der Waals surface area (Å²) >= 11 is 5.70. The highest BCUT2D eigenvalue weighted by Crippen LogP contribution is 2.32. The zero-order valence-corrected chi connectivity index (χ0v) is 12.7. The van der Waals surface area contributed by atoms with Crippen molar-refractivity contribution in [1.82, 2.24) is 0 Å². The predicted octanol–water partition coefficient (Wildman–Crippen LogP) is 3.46. The summed E-state index contributed by atoms with van der Waals surface area (Å²) in [6.07, 6.45) is 0.547. The zero-order chi connectivity index (χ0) is 16.0. The number of benzene rings is 1. The van der Waals surface area contributed by atoms with Crippen LogP contribution >= 0.6 is 11.6 Å². The number of hydrogen-bond acceptors (Lipinski definition) is 3. The van der Waals surface area contributed by atoms with E-state index >= 15 is 0 Å². The molecule has 4 nitrogen and oxygen atoms in total. The average molecular weight is 317 g/mol. The number of rotatable bonds is 7. The van der Waals surface area contributed by atoms with Crippen molar-refractivity contribution in [3.05, 3.63) is 34.6 Å². The molecule has 1 aromatic carbocycles. The Morgan fingerprint density at radius 2 is 2.05 bits per heavy atom. The lowest BCUT2D eigenvalue weighted by Crippen LogP contribution is -2.42. The molecule has 0 spiro atoms. The summed E-state index contributed by atoms with van der Waals surface area (Å²) in [6.45, 7) is 3.50. The topological polar surface area (TPSA) is 63.6 Å². The maximum Gasteiger partial charge on any atom is 0.323 e. The van der Waals surface area contributed by atoms with Crippen molar-refractivity contribution in [2.24, 2.45) is 5.41 Å². The van der Waals surface area contributed by atoms with Crippen molar-refractivity contribution < 1.29 is 23.8 Å². The van der Waals surface area contributed by atoms with Gasteiger partial charge in [0.1, 0.15) is 5.82 Å². The van der Waals surface area contributed by atoms with Gasteiger partial charge >= 0.3 is 11.9 Å². The molecule has 1 unspecified atom stereocenters. The number of ether oxygens (including phenoxy) is 1. The highest BCUT2D eigenvalue weighted by molar-refractivity contribution is 6.30. The molecule has 6 heteroatoms. The lowest BCUT2D eigenvalue weighted by atomic mass is 9.78. The number of aliphatic carboxylic acids is 1. The van der Waals surface area contributed by atoms with Gasteiger partial charge in [0, 0.05) is 0 Å². The first kappa shape index (κ1) is 17.4. The molecule has 0 saturated carbocycles. The maximum atomic E-state index is 13.2. The first-order valence-electron chi connectivity index (χ1n) is 6.72. The van der Waals surface area contributed by atoms with Crippen LogP contribution in [0.15, 0.2) is 18.2 Å². The zero-order valence-electron chi connectivity index (χ0n) is 12.0. The molecule has 0 heterocycles. The number of carbonyl (C=O) groups is 2. The van der Waals surface area contributed by atoms with Gasteiger partial charge in [0.2, 0.25) is 0 Å². The molecule has 0 bridgehead atoms. The molecule has 0 aliphatic rings. The van der Waals surface area contributed by atoms with E-state index in [-0.39, 0.29) is 24.5 Å². The van der Waals surface area contributed by atoms with Gasteiger partial charge in [0.25, 0.3) is 0 Å². The van der Waals surface area contributed by atoms with Crippen LogP contribution in [-0.4, -0.2) is 23.7 Å². The third-order valence-corrected chi connectivity index (χ3v) is 3.53. The van der Waals surface area contributed by atoms with Crippen LogP contribution in [0.1, 0.15) is 32.3 Å². The number of esters is 1. The van der Waals surface area contributed by atoms with Gasteiger partial charge in [0.05, 0.1) is 11.6 Å². The van der Waals surface area contributed by atoms with Crippen molar-refractivity contribution in [3.8, 4) is 0 Å². The summed E-state index contributed by atoms with van der Waals surface area (Å²) in [5.41, 5.74) is -1.20. The van der Waals surface area contributed by atoms with E-state index in [0.29, 0.717) is 12.0 Å². The summed E-state index contributed by atoms with van der Waals surface area (Å²) in [5.74, 6) is -2.61. The van der Waals surface area contributed by atoms with Crippen molar-refractivity contribution in [1.29, 1.82) is 0 Å². The molecule has 0 aliphatic heterocycles. The second kappa shape index (κ2) is 7.41. The Balaban J connectivity index is 3.19. The summed E-state index contributed by atoms with van der Waals surface area (Å²) < 4.78 is 18.1. The van der Waals surface area contributed by atoms with Gasteiger partial charge in [-0.1, -0.05) is 31.0 Å². The highest BCUT2D eigenvalue weighted by atomic mass is 35.5.